The van der Waals surface area contributed by atoms with Gasteiger partial charge in [0, 0.05) is 12.0 Å². The lowest BCUT2D eigenvalue weighted by molar-refractivity contribution is 0.368. The van der Waals surface area contributed by atoms with Gasteiger partial charge >= 0.3 is 0 Å². The third-order valence-corrected chi connectivity index (χ3v) is 1.81. The lowest BCUT2D eigenvalue weighted by Gasteiger charge is -2.22. The number of hydrogen-bond donors (Lipinski definition) is 1. The number of hydrogen-bond acceptors (Lipinski definition) is 2. The third-order valence-electron chi connectivity index (χ3n) is 1.81. The fourth-order valence-corrected chi connectivity index (χ4v) is 1.25. The molecule has 0 bridgehead atoms. The second-order valence-electron chi connectivity index (χ2n) is 2.71. The van der Waals surface area contributed by atoms with Crippen molar-refractivity contribution in [2.24, 2.45) is 5.92 Å². The van der Waals surface area contributed by atoms with Gasteiger partial charge in [-0.1, -0.05) is 0 Å². The molecular weight excluding hydrogens is 112 g/mol. The van der Waals surface area contributed by atoms with Crippen molar-refractivity contribution in [2.45, 2.75) is 25.8 Å². The minimum atomic E-state index is 0.307. The zero-order chi connectivity index (χ0) is 6.69. The molecule has 0 aromatic heterocycles. The van der Waals surface area contributed by atoms with E-state index in [2.05, 4.69) is 18.3 Å². The third kappa shape index (κ3) is 1.69. The monoisotopic (exact) mass is 124 g/mol. The second-order valence-corrected chi connectivity index (χ2v) is 2.71. The van der Waals surface area contributed by atoms with Gasteiger partial charge in [-0.3, -0.25) is 0 Å². The molecule has 0 aromatic rings. The van der Waals surface area contributed by atoms with E-state index in [0.717, 1.165) is 19.4 Å². The summed E-state index contributed by atoms with van der Waals surface area (Å²) in [6.45, 7) is 3.14. The van der Waals surface area contributed by atoms with Crippen LogP contribution in [0.2, 0.25) is 0 Å². The molecule has 1 N–H and O–H groups in total. The molecule has 1 heterocycles. The highest BCUT2D eigenvalue weighted by atomic mass is 14.9. The molecule has 1 aliphatic rings. The van der Waals surface area contributed by atoms with E-state index in [1.807, 2.05) is 0 Å². The number of nitrogens with zero attached hydrogens (tertiary/aromatic N) is 1. The van der Waals surface area contributed by atoms with E-state index in [9.17, 15) is 0 Å². The highest BCUT2D eigenvalue weighted by molar-refractivity contribution is 4.88. The lowest BCUT2D eigenvalue weighted by atomic mass is 9.95. The molecule has 0 saturated carbocycles. The predicted octanol–water partition coefficient (Wildman–Crippen LogP) is 0.898. The summed E-state index contributed by atoms with van der Waals surface area (Å²) in [6, 6.07) is 2.84. The van der Waals surface area contributed by atoms with Crippen LogP contribution in [-0.4, -0.2) is 12.6 Å². The van der Waals surface area contributed by atoms with Crippen LogP contribution in [0.15, 0.2) is 0 Å². The highest BCUT2D eigenvalue weighted by Crippen LogP contribution is 2.13. The summed E-state index contributed by atoms with van der Waals surface area (Å²) in [6.07, 6.45) is 2.05. The maximum atomic E-state index is 8.53. The minimum absolute atomic E-state index is 0.307. The minimum Gasteiger partial charge on any atom is -0.314 e. The van der Waals surface area contributed by atoms with Crippen LogP contribution in [0, 0.1) is 17.2 Å². The summed E-state index contributed by atoms with van der Waals surface area (Å²) in [7, 11) is 0. The Hall–Kier alpha value is -0.550. The van der Waals surface area contributed by atoms with E-state index in [1.165, 1.54) is 0 Å². The number of nitrogens with one attached hydrogen (secondary N) is 1. The topological polar surface area (TPSA) is 35.8 Å². The Labute approximate surface area is 55.9 Å². The standard InChI is InChI=1S/C7H12N2/c1-6-4-7(5-8)2-3-9-6/h6-7,9H,2-4H2,1H3. The van der Waals surface area contributed by atoms with Crippen molar-refractivity contribution >= 4 is 0 Å². The van der Waals surface area contributed by atoms with Crippen molar-refractivity contribution in [2.75, 3.05) is 6.54 Å². The first-order valence-corrected chi connectivity index (χ1v) is 3.46. The van der Waals surface area contributed by atoms with E-state index in [-0.39, 0.29) is 0 Å². The largest absolute Gasteiger partial charge is 0.314 e. The van der Waals surface area contributed by atoms with Gasteiger partial charge < -0.3 is 5.32 Å². The van der Waals surface area contributed by atoms with Crippen molar-refractivity contribution in [1.82, 2.24) is 5.32 Å². The van der Waals surface area contributed by atoms with Gasteiger partial charge in [0.2, 0.25) is 0 Å². The molecule has 1 saturated heterocycles. The Balaban J connectivity index is 2.34. The van der Waals surface area contributed by atoms with Gasteiger partial charge in [-0.25, -0.2) is 0 Å². The highest BCUT2D eigenvalue weighted by Gasteiger charge is 2.16. The molecule has 2 atom stereocenters. The number of nitriles is 1. The van der Waals surface area contributed by atoms with Gasteiger partial charge in [-0.15, -0.1) is 0 Å². The molecule has 2 unspecified atom stereocenters. The van der Waals surface area contributed by atoms with E-state index < -0.39 is 0 Å². The zero-order valence-corrected chi connectivity index (χ0v) is 5.72. The summed E-state index contributed by atoms with van der Waals surface area (Å²) >= 11 is 0. The normalized spacial score (nSPS) is 35.6. The molecular formula is C7H12N2. The van der Waals surface area contributed by atoms with Gasteiger partial charge in [-0.2, -0.15) is 5.26 Å². The van der Waals surface area contributed by atoms with Crippen molar-refractivity contribution in [1.29, 1.82) is 5.26 Å². The van der Waals surface area contributed by atoms with E-state index >= 15 is 0 Å². The summed E-state index contributed by atoms with van der Waals surface area (Å²) in [5.41, 5.74) is 0. The average Bonchev–Trinajstić information content (AvgIpc) is 1.88. The Kier molecular flexibility index (Phi) is 2.07. The number of piperidine rings is 1. The molecule has 2 heteroatoms. The van der Waals surface area contributed by atoms with Gasteiger partial charge in [-0.05, 0) is 26.3 Å². The quantitative estimate of drug-likeness (QED) is 0.520. The fraction of sp³-hybridized carbons (Fsp3) is 0.857. The van der Waals surface area contributed by atoms with E-state index in [1.54, 1.807) is 0 Å². The van der Waals surface area contributed by atoms with Crippen molar-refractivity contribution < 1.29 is 0 Å². The summed E-state index contributed by atoms with van der Waals surface area (Å²) in [4.78, 5) is 0. The molecule has 1 rings (SSSR count). The molecule has 0 aliphatic carbocycles. The van der Waals surface area contributed by atoms with Crippen LogP contribution in [0.4, 0.5) is 0 Å². The average molecular weight is 124 g/mol. The Morgan fingerprint density at radius 3 is 2.89 bits per heavy atom. The molecule has 0 amide bonds. The molecule has 0 aromatic carbocycles. The van der Waals surface area contributed by atoms with Gasteiger partial charge in [0.05, 0.1) is 6.07 Å². The van der Waals surface area contributed by atoms with Crippen LogP contribution in [-0.2, 0) is 0 Å². The summed E-state index contributed by atoms with van der Waals surface area (Å²) in [5, 5.41) is 11.8. The summed E-state index contributed by atoms with van der Waals surface area (Å²) < 4.78 is 0. The molecule has 1 fully saturated rings. The first-order valence-electron chi connectivity index (χ1n) is 3.46. The molecule has 9 heavy (non-hydrogen) atoms. The van der Waals surface area contributed by atoms with Crippen molar-refractivity contribution in [3.05, 3.63) is 0 Å². The van der Waals surface area contributed by atoms with Crippen LogP contribution in [0.5, 0.6) is 0 Å². The molecule has 1 aliphatic heterocycles. The van der Waals surface area contributed by atoms with Crippen LogP contribution >= 0.6 is 0 Å². The molecule has 50 valence electrons. The van der Waals surface area contributed by atoms with E-state index in [4.69, 9.17) is 5.26 Å². The predicted molar refractivity (Wildman–Crippen MR) is 35.8 cm³/mol. The second kappa shape index (κ2) is 2.84. The van der Waals surface area contributed by atoms with Crippen molar-refractivity contribution in [3.8, 4) is 6.07 Å². The molecule has 0 spiro atoms. The van der Waals surface area contributed by atoms with Gasteiger partial charge in [0.15, 0.2) is 0 Å². The SMILES string of the molecule is CC1CC(C#N)CCN1. The van der Waals surface area contributed by atoms with Crippen LogP contribution in [0.25, 0.3) is 0 Å². The number of rotatable bonds is 0. The first-order chi connectivity index (χ1) is 4.33. The van der Waals surface area contributed by atoms with Crippen LogP contribution in [0.1, 0.15) is 19.8 Å². The Morgan fingerprint density at radius 1 is 1.67 bits per heavy atom. The van der Waals surface area contributed by atoms with E-state index in [0.29, 0.717) is 12.0 Å². The van der Waals surface area contributed by atoms with Gasteiger partial charge in [0.25, 0.3) is 0 Å². The first kappa shape index (κ1) is 6.57. The maximum Gasteiger partial charge on any atom is 0.0656 e. The Bertz CT molecular complexity index is 125. The molecule has 0 radical (unpaired) electrons. The lowest BCUT2D eigenvalue weighted by Crippen LogP contribution is -2.35. The maximum absolute atomic E-state index is 8.53. The summed E-state index contributed by atoms with van der Waals surface area (Å²) in [5.74, 6) is 0.307. The fourth-order valence-electron chi connectivity index (χ4n) is 1.25. The van der Waals surface area contributed by atoms with Crippen molar-refractivity contribution in [3.63, 3.8) is 0 Å². The van der Waals surface area contributed by atoms with Crippen LogP contribution < -0.4 is 5.32 Å². The zero-order valence-electron chi connectivity index (χ0n) is 5.72. The Morgan fingerprint density at radius 2 is 2.44 bits per heavy atom. The van der Waals surface area contributed by atoms with Gasteiger partial charge in [0.1, 0.15) is 0 Å². The van der Waals surface area contributed by atoms with Crippen LogP contribution in [0.3, 0.4) is 0 Å². The molecule has 2 nitrogen and oxygen atoms in total. The smallest absolute Gasteiger partial charge is 0.0656 e.